The van der Waals surface area contributed by atoms with Gasteiger partial charge in [-0.15, -0.1) is 23.1 Å². The van der Waals surface area contributed by atoms with Crippen molar-refractivity contribution in [2.24, 2.45) is 0 Å². The molecular formula is C18H16ClN3O3S3. The van der Waals surface area contributed by atoms with Crippen molar-refractivity contribution >= 4 is 61.4 Å². The van der Waals surface area contributed by atoms with E-state index in [0.29, 0.717) is 15.8 Å². The fraction of sp³-hybridized carbons (Fsp3) is 0.111. The molecule has 1 atom stereocenters. The molecule has 146 valence electrons. The van der Waals surface area contributed by atoms with Crippen LogP contribution in [0.1, 0.15) is 6.92 Å². The Morgan fingerprint density at radius 3 is 2.43 bits per heavy atom. The summed E-state index contributed by atoms with van der Waals surface area (Å²) in [5, 5.41) is 5.07. The number of halogens is 1. The van der Waals surface area contributed by atoms with Crippen LogP contribution in [-0.4, -0.2) is 24.6 Å². The minimum absolute atomic E-state index is 0.0873. The quantitative estimate of drug-likeness (QED) is 0.505. The van der Waals surface area contributed by atoms with Gasteiger partial charge >= 0.3 is 0 Å². The van der Waals surface area contributed by atoms with Crippen molar-refractivity contribution in [1.82, 2.24) is 4.98 Å². The van der Waals surface area contributed by atoms with Crippen LogP contribution in [0.3, 0.4) is 0 Å². The summed E-state index contributed by atoms with van der Waals surface area (Å²) >= 11 is 8.46. The van der Waals surface area contributed by atoms with E-state index in [1.54, 1.807) is 36.6 Å². The van der Waals surface area contributed by atoms with Gasteiger partial charge in [-0.1, -0.05) is 11.6 Å². The maximum absolute atomic E-state index is 12.4. The first-order valence-electron chi connectivity index (χ1n) is 8.09. The lowest BCUT2D eigenvalue weighted by atomic mass is 10.3. The van der Waals surface area contributed by atoms with E-state index in [1.807, 2.05) is 12.1 Å². The molecule has 0 saturated heterocycles. The normalized spacial score (nSPS) is 12.4. The van der Waals surface area contributed by atoms with E-state index in [2.05, 4.69) is 15.0 Å². The molecule has 0 fully saturated rings. The molecule has 0 spiro atoms. The average molecular weight is 454 g/mol. The molecular weight excluding hydrogens is 438 g/mol. The number of carbonyl (C=O) groups excluding carboxylic acids is 1. The van der Waals surface area contributed by atoms with Crippen molar-refractivity contribution in [3.05, 3.63) is 65.1 Å². The summed E-state index contributed by atoms with van der Waals surface area (Å²) in [7, 11) is -3.72. The molecule has 0 aliphatic carbocycles. The van der Waals surface area contributed by atoms with Crippen molar-refractivity contribution in [3.8, 4) is 0 Å². The molecule has 2 aromatic carbocycles. The van der Waals surface area contributed by atoms with Crippen molar-refractivity contribution in [2.75, 3.05) is 10.0 Å². The van der Waals surface area contributed by atoms with Gasteiger partial charge in [0.1, 0.15) is 0 Å². The average Bonchev–Trinajstić information content (AvgIpc) is 3.16. The standard InChI is InChI=1S/C18H16ClN3O3S3/c1-12(27-15-6-2-13(19)3-7-15)17(23)21-14-4-8-16(9-5-14)28(24,25)22-18-20-10-11-26-18/h2-12H,1H3,(H,20,22)(H,21,23)/t12-/m0/s1. The Balaban J connectivity index is 1.61. The van der Waals surface area contributed by atoms with E-state index in [9.17, 15) is 13.2 Å². The molecule has 0 aliphatic heterocycles. The van der Waals surface area contributed by atoms with Gasteiger partial charge in [0.25, 0.3) is 10.0 Å². The summed E-state index contributed by atoms with van der Waals surface area (Å²) in [6.45, 7) is 1.80. The van der Waals surface area contributed by atoms with Crippen LogP contribution in [0.25, 0.3) is 0 Å². The molecule has 0 unspecified atom stereocenters. The second-order valence-electron chi connectivity index (χ2n) is 5.67. The van der Waals surface area contributed by atoms with Crippen LogP contribution >= 0.6 is 34.7 Å². The molecule has 10 heteroatoms. The molecule has 1 heterocycles. The summed E-state index contributed by atoms with van der Waals surface area (Å²) in [5.74, 6) is -0.184. The van der Waals surface area contributed by atoms with Crippen LogP contribution in [0.15, 0.2) is 69.9 Å². The fourth-order valence-electron chi connectivity index (χ4n) is 2.18. The van der Waals surface area contributed by atoms with E-state index in [-0.39, 0.29) is 16.1 Å². The summed E-state index contributed by atoms with van der Waals surface area (Å²) in [6.07, 6.45) is 1.52. The Bertz CT molecular complexity index is 1040. The third kappa shape index (κ3) is 5.48. The number of nitrogens with zero attached hydrogens (tertiary/aromatic N) is 1. The summed E-state index contributed by atoms with van der Waals surface area (Å²) in [4.78, 5) is 17.3. The maximum atomic E-state index is 12.4. The summed E-state index contributed by atoms with van der Waals surface area (Å²) < 4.78 is 27.1. The number of anilines is 2. The number of hydrogen-bond donors (Lipinski definition) is 2. The van der Waals surface area contributed by atoms with E-state index in [4.69, 9.17) is 11.6 Å². The number of amides is 1. The Morgan fingerprint density at radius 1 is 1.14 bits per heavy atom. The first-order chi connectivity index (χ1) is 13.3. The summed E-state index contributed by atoms with van der Waals surface area (Å²) in [5.41, 5.74) is 0.516. The highest BCUT2D eigenvalue weighted by Gasteiger charge is 2.17. The zero-order chi connectivity index (χ0) is 20.1. The van der Waals surface area contributed by atoms with Crippen molar-refractivity contribution < 1.29 is 13.2 Å². The Morgan fingerprint density at radius 2 is 1.82 bits per heavy atom. The highest BCUT2D eigenvalue weighted by atomic mass is 35.5. The number of thiazole rings is 1. The molecule has 0 bridgehead atoms. The zero-order valence-corrected chi connectivity index (χ0v) is 17.8. The Labute approximate surface area is 176 Å². The van der Waals surface area contributed by atoms with Gasteiger partial charge in [0.05, 0.1) is 10.1 Å². The largest absolute Gasteiger partial charge is 0.325 e. The van der Waals surface area contributed by atoms with Gasteiger partial charge in [0.15, 0.2) is 5.13 Å². The number of rotatable bonds is 7. The molecule has 0 radical (unpaired) electrons. The lowest BCUT2D eigenvalue weighted by Crippen LogP contribution is -2.22. The predicted molar refractivity (Wildman–Crippen MR) is 115 cm³/mol. The van der Waals surface area contributed by atoms with Crippen molar-refractivity contribution in [2.45, 2.75) is 22.0 Å². The molecule has 6 nitrogen and oxygen atoms in total. The topological polar surface area (TPSA) is 88.2 Å². The fourth-order valence-corrected chi connectivity index (χ4v) is 4.96. The molecule has 2 N–H and O–H groups in total. The zero-order valence-electron chi connectivity index (χ0n) is 14.6. The van der Waals surface area contributed by atoms with E-state index < -0.39 is 10.0 Å². The number of carbonyl (C=O) groups is 1. The molecule has 1 aromatic heterocycles. The van der Waals surface area contributed by atoms with Crippen LogP contribution in [-0.2, 0) is 14.8 Å². The van der Waals surface area contributed by atoms with E-state index >= 15 is 0 Å². The Kier molecular flexibility index (Phi) is 6.61. The van der Waals surface area contributed by atoms with Gasteiger partial charge < -0.3 is 5.32 Å². The van der Waals surface area contributed by atoms with Gasteiger partial charge in [-0.25, -0.2) is 13.4 Å². The monoisotopic (exact) mass is 453 g/mol. The van der Waals surface area contributed by atoms with Crippen LogP contribution in [0.5, 0.6) is 0 Å². The van der Waals surface area contributed by atoms with Gasteiger partial charge in [-0.2, -0.15) is 0 Å². The minimum atomic E-state index is -3.72. The smallest absolute Gasteiger partial charge is 0.263 e. The van der Waals surface area contributed by atoms with Crippen LogP contribution in [0.4, 0.5) is 10.8 Å². The maximum Gasteiger partial charge on any atom is 0.263 e. The SMILES string of the molecule is C[C@H](Sc1ccc(Cl)cc1)C(=O)Nc1ccc(S(=O)(=O)Nc2nccs2)cc1. The predicted octanol–water partition coefficient (Wildman–Crippen LogP) is 4.72. The lowest BCUT2D eigenvalue weighted by Gasteiger charge is -2.12. The van der Waals surface area contributed by atoms with Gasteiger partial charge in [0.2, 0.25) is 5.91 Å². The third-order valence-corrected chi connectivity index (χ3v) is 7.12. The minimum Gasteiger partial charge on any atom is -0.325 e. The highest BCUT2D eigenvalue weighted by molar-refractivity contribution is 8.00. The first-order valence-corrected chi connectivity index (χ1v) is 11.7. The number of hydrogen-bond acceptors (Lipinski definition) is 6. The lowest BCUT2D eigenvalue weighted by molar-refractivity contribution is -0.115. The number of benzene rings is 2. The van der Waals surface area contributed by atoms with Crippen LogP contribution in [0, 0.1) is 0 Å². The first kappa shape index (κ1) is 20.7. The second kappa shape index (κ2) is 8.95. The van der Waals surface area contributed by atoms with Crippen LogP contribution < -0.4 is 10.0 Å². The molecule has 0 saturated carbocycles. The van der Waals surface area contributed by atoms with E-state index in [0.717, 1.165) is 4.90 Å². The molecule has 1 amide bonds. The van der Waals surface area contributed by atoms with Crippen molar-refractivity contribution in [1.29, 1.82) is 0 Å². The number of sulfonamides is 1. The molecule has 3 rings (SSSR count). The third-order valence-electron chi connectivity index (χ3n) is 3.58. The Hall–Kier alpha value is -2.07. The summed E-state index contributed by atoms with van der Waals surface area (Å²) in [6, 6.07) is 13.2. The molecule has 3 aromatic rings. The second-order valence-corrected chi connectivity index (χ2v) is 10.1. The van der Waals surface area contributed by atoms with Gasteiger partial charge in [0, 0.05) is 27.2 Å². The van der Waals surface area contributed by atoms with E-state index in [1.165, 1.54) is 41.4 Å². The highest BCUT2D eigenvalue weighted by Crippen LogP contribution is 2.26. The molecule has 0 aliphatic rings. The molecule has 28 heavy (non-hydrogen) atoms. The number of aromatic nitrogens is 1. The van der Waals surface area contributed by atoms with Gasteiger partial charge in [-0.05, 0) is 55.5 Å². The number of thioether (sulfide) groups is 1. The van der Waals surface area contributed by atoms with Crippen LogP contribution in [0.2, 0.25) is 5.02 Å². The van der Waals surface area contributed by atoms with Gasteiger partial charge in [-0.3, -0.25) is 9.52 Å². The number of nitrogens with one attached hydrogen (secondary N) is 2. The van der Waals surface area contributed by atoms with Crippen molar-refractivity contribution in [3.63, 3.8) is 0 Å².